The summed E-state index contributed by atoms with van der Waals surface area (Å²) in [4.78, 5) is 34.7. The largest absolute Gasteiger partial charge is 0.469 e. The predicted octanol–water partition coefficient (Wildman–Crippen LogP) is 0.976. The van der Waals surface area contributed by atoms with Crippen molar-refractivity contribution in [1.82, 2.24) is 20.1 Å². The Morgan fingerprint density at radius 1 is 1.31 bits per heavy atom. The van der Waals surface area contributed by atoms with Crippen LogP contribution in [0.15, 0.2) is 40.3 Å². The Hall–Kier alpha value is -2.55. The number of ether oxygens (including phenoxy) is 1. The number of rotatable bonds is 10. The highest BCUT2D eigenvalue weighted by molar-refractivity contribution is 7.99. The van der Waals surface area contributed by atoms with Crippen molar-refractivity contribution >= 4 is 23.6 Å². The second-order valence-corrected chi connectivity index (χ2v) is 6.46. The first-order chi connectivity index (χ1) is 12.6. The third kappa shape index (κ3) is 6.40. The van der Waals surface area contributed by atoms with Crippen molar-refractivity contribution in [2.75, 3.05) is 19.4 Å². The molecule has 26 heavy (non-hydrogen) atoms. The van der Waals surface area contributed by atoms with Gasteiger partial charge in [0.1, 0.15) is 0 Å². The van der Waals surface area contributed by atoms with E-state index >= 15 is 0 Å². The number of nitrogens with one attached hydrogen (secondary N) is 2. The van der Waals surface area contributed by atoms with Crippen molar-refractivity contribution in [3.05, 3.63) is 46.4 Å². The lowest BCUT2D eigenvalue weighted by atomic mass is 10.1. The van der Waals surface area contributed by atoms with Gasteiger partial charge in [-0.3, -0.25) is 14.2 Å². The molecule has 0 unspecified atom stereocenters. The summed E-state index contributed by atoms with van der Waals surface area (Å²) in [7, 11) is 1.33. The van der Waals surface area contributed by atoms with Gasteiger partial charge in [0.25, 0.3) is 0 Å². The van der Waals surface area contributed by atoms with Crippen LogP contribution in [0.25, 0.3) is 0 Å². The van der Waals surface area contributed by atoms with Gasteiger partial charge in [0.05, 0.1) is 12.9 Å². The maximum absolute atomic E-state index is 11.9. The molecule has 1 heterocycles. The average molecular weight is 378 g/mol. The first kappa shape index (κ1) is 19.8. The molecule has 0 aliphatic carbocycles. The fourth-order valence-electron chi connectivity index (χ4n) is 2.24. The van der Waals surface area contributed by atoms with E-state index in [0.29, 0.717) is 31.1 Å². The lowest BCUT2D eigenvalue weighted by Crippen LogP contribution is -2.27. The summed E-state index contributed by atoms with van der Waals surface area (Å²) < 4.78 is 6.06. The summed E-state index contributed by atoms with van der Waals surface area (Å²) in [5, 5.41) is 9.61. The number of thioether (sulfide) groups is 1. The van der Waals surface area contributed by atoms with E-state index in [1.165, 1.54) is 23.4 Å². The molecule has 0 saturated heterocycles. The number of hydrogen-bond donors (Lipinski definition) is 2. The van der Waals surface area contributed by atoms with Gasteiger partial charge in [-0.2, -0.15) is 0 Å². The molecule has 0 atom stereocenters. The normalized spacial score (nSPS) is 10.5. The van der Waals surface area contributed by atoms with Gasteiger partial charge in [0.15, 0.2) is 5.16 Å². The number of carbonyl (C=O) groups is 2. The fraction of sp³-hybridized carbons (Fsp3) is 0.412. The lowest BCUT2D eigenvalue weighted by Gasteiger charge is -2.06. The molecule has 1 amide bonds. The van der Waals surface area contributed by atoms with Gasteiger partial charge in [-0.25, -0.2) is 9.89 Å². The number of nitrogens with zero attached hydrogens (tertiary/aromatic N) is 2. The topological polar surface area (TPSA) is 106 Å². The van der Waals surface area contributed by atoms with E-state index in [4.69, 9.17) is 0 Å². The molecule has 0 saturated carbocycles. The molecule has 2 aromatic rings. The van der Waals surface area contributed by atoms with Crippen LogP contribution >= 0.6 is 11.8 Å². The number of benzene rings is 1. The molecule has 1 aromatic heterocycles. The van der Waals surface area contributed by atoms with Gasteiger partial charge in [-0.15, -0.1) is 5.10 Å². The van der Waals surface area contributed by atoms with Crippen LogP contribution in [0, 0.1) is 0 Å². The number of esters is 1. The van der Waals surface area contributed by atoms with Crippen LogP contribution in [-0.4, -0.2) is 46.0 Å². The summed E-state index contributed by atoms with van der Waals surface area (Å²) >= 11 is 1.20. The maximum Gasteiger partial charge on any atom is 0.343 e. The van der Waals surface area contributed by atoms with Crippen LogP contribution in [0.1, 0.15) is 18.4 Å². The molecule has 9 heteroatoms. The molecule has 2 N–H and O–H groups in total. The molecule has 1 aromatic carbocycles. The van der Waals surface area contributed by atoms with Crippen LogP contribution in [0.4, 0.5) is 0 Å². The quantitative estimate of drug-likeness (QED) is 0.363. The number of methoxy groups -OCH3 is 1. The van der Waals surface area contributed by atoms with Crippen LogP contribution in [0.3, 0.4) is 0 Å². The molecule has 0 radical (unpaired) electrons. The zero-order chi connectivity index (χ0) is 18.8. The number of carbonyl (C=O) groups excluding carboxylic acids is 2. The molecule has 0 bridgehead atoms. The summed E-state index contributed by atoms with van der Waals surface area (Å²) in [5.74, 6) is -0.328. The maximum atomic E-state index is 11.9. The number of aromatic amines is 1. The third-order valence-electron chi connectivity index (χ3n) is 3.63. The van der Waals surface area contributed by atoms with E-state index in [9.17, 15) is 14.4 Å². The molecule has 0 aliphatic heterocycles. The molecular formula is C17H22N4O4S. The van der Waals surface area contributed by atoms with Crippen molar-refractivity contribution < 1.29 is 14.3 Å². The fourth-order valence-corrected chi connectivity index (χ4v) is 3.04. The highest BCUT2D eigenvalue weighted by atomic mass is 32.2. The average Bonchev–Trinajstić information content (AvgIpc) is 3.02. The van der Waals surface area contributed by atoms with Crippen molar-refractivity contribution in [2.45, 2.75) is 31.0 Å². The van der Waals surface area contributed by atoms with E-state index in [1.54, 1.807) is 0 Å². The van der Waals surface area contributed by atoms with Crippen molar-refractivity contribution in [3.8, 4) is 0 Å². The Bertz CT molecular complexity index is 773. The number of aryl methyl sites for hydroxylation is 1. The Morgan fingerprint density at radius 2 is 2.08 bits per heavy atom. The predicted molar refractivity (Wildman–Crippen MR) is 98.0 cm³/mol. The van der Waals surface area contributed by atoms with Gasteiger partial charge in [0.2, 0.25) is 5.91 Å². The van der Waals surface area contributed by atoms with Gasteiger partial charge >= 0.3 is 11.7 Å². The molecule has 140 valence electrons. The molecule has 0 aliphatic rings. The van der Waals surface area contributed by atoms with Gasteiger partial charge in [0, 0.05) is 19.5 Å². The van der Waals surface area contributed by atoms with E-state index < -0.39 is 0 Å². The Labute approximate surface area is 155 Å². The van der Waals surface area contributed by atoms with Crippen LogP contribution < -0.4 is 11.0 Å². The van der Waals surface area contributed by atoms with Gasteiger partial charge < -0.3 is 10.1 Å². The van der Waals surface area contributed by atoms with Crippen molar-refractivity contribution in [1.29, 1.82) is 0 Å². The first-order valence-electron chi connectivity index (χ1n) is 8.25. The molecule has 2 rings (SSSR count). The summed E-state index contributed by atoms with van der Waals surface area (Å²) in [6.07, 6.45) is 1.49. The summed E-state index contributed by atoms with van der Waals surface area (Å²) in [6, 6.07) is 9.85. The highest BCUT2D eigenvalue weighted by Gasteiger charge is 2.11. The zero-order valence-electron chi connectivity index (χ0n) is 14.6. The highest BCUT2D eigenvalue weighted by Crippen LogP contribution is 2.13. The number of hydrogen-bond acceptors (Lipinski definition) is 6. The lowest BCUT2D eigenvalue weighted by molar-refractivity contribution is -0.140. The van der Waals surface area contributed by atoms with Gasteiger partial charge in [-0.05, 0) is 18.4 Å². The first-order valence-corrected chi connectivity index (χ1v) is 9.24. The van der Waals surface area contributed by atoms with E-state index in [-0.39, 0.29) is 29.7 Å². The molecule has 0 spiro atoms. The minimum Gasteiger partial charge on any atom is -0.469 e. The second-order valence-electron chi connectivity index (χ2n) is 5.52. The standard InChI is InChI=1S/C17H22N4O4S/c1-25-15(23)8-5-10-18-14(22)12-26-17-20-19-16(24)21(17)11-9-13-6-3-2-4-7-13/h2-4,6-7H,5,8-12H2,1H3,(H,18,22)(H,19,24). The van der Waals surface area contributed by atoms with Crippen LogP contribution in [-0.2, 0) is 27.3 Å². The zero-order valence-corrected chi connectivity index (χ0v) is 15.4. The Kier molecular flexibility index (Phi) is 7.94. The van der Waals surface area contributed by atoms with E-state index in [0.717, 1.165) is 5.56 Å². The van der Waals surface area contributed by atoms with E-state index in [1.807, 2.05) is 30.3 Å². The monoisotopic (exact) mass is 378 g/mol. The van der Waals surface area contributed by atoms with Crippen molar-refractivity contribution in [3.63, 3.8) is 0 Å². The molecular weight excluding hydrogens is 356 g/mol. The second kappa shape index (κ2) is 10.4. The summed E-state index contributed by atoms with van der Waals surface area (Å²) in [6.45, 7) is 0.887. The SMILES string of the molecule is COC(=O)CCCNC(=O)CSc1n[nH]c(=O)n1CCc1ccccc1. The minimum absolute atomic E-state index is 0.147. The number of aromatic nitrogens is 3. The summed E-state index contributed by atoms with van der Waals surface area (Å²) in [5.41, 5.74) is 0.835. The third-order valence-corrected chi connectivity index (χ3v) is 4.61. The van der Waals surface area contributed by atoms with Crippen molar-refractivity contribution in [2.24, 2.45) is 0 Å². The van der Waals surface area contributed by atoms with E-state index in [2.05, 4.69) is 20.3 Å². The Balaban J connectivity index is 1.78. The number of amides is 1. The number of H-pyrrole nitrogens is 1. The van der Waals surface area contributed by atoms with Crippen LogP contribution in [0.5, 0.6) is 0 Å². The minimum atomic E-state index is -0.299. The van der Waals surface area contributed by atoms with Gasteiger partial charge in [-0.1, -0.05) is 42.1 Å². The Morgan fingerprint density at radius 3 is 2.81 bits per heavy atom. The molecule has 8 nitrogen and oxygen atoms in total. The smallest absolute Gasteiger partial charge is 0.343 e. The molecule has 0 fully saturated rings. The van der Waals surface area contributed by atoms with Crippen LogP contribution in [0.2, 0.25) is 0 Å².